The monoisotopic (exact) mass is 256 g/mol. The second kappa shape index (κ2) is 5.86. The highest BCUT2D eigenvalue weighted by atomic mass is 32.1. The molecule has 5 nitrogen and oxygen atoms in total. The summed E-state index contributed by atoms with van der Waals surface area (Å²) in [5.41, 5.74) is 6.58. The number of nitrogens with two attached hydrogens (primary N) is 1. The molecule has 1 aromatic heterocycles. The van der Waals surface area contributed by atoms with E-state index in [1.54, 1.807) is 4.90 Å². The van der Waals surface area contributed by atoms with Gasteiger partial charge in [0.25, 0.3) is 0 Å². The van der Waals surface area contributed by atoms with Gasteiger partial charge in [-0.2, -0.15) is 4.37 Å². The zero-order chi connectivity index (χ0) is 13.0. The summed E-state index contributed by atoms with van der Waals surface area (Å²) < 4.78 is 4.05. The van der Waals surface area contributed by atoms with E-state index in [4.69, 9.17) is 5.73 Å². The molecule has 0 bridgehead atoms. The average Bonchev–Trinajstić information content (AvgIpc) is 2.62. The van der Waals surface area contributed by atoms with Crippen molar-refractivity contribution in [2.45, 2.75) is 33.7 Å². The van der Waals surface area contributed by atoms with E-state index in [0.29, 0.717) is 5.82 Å². The van der Waals surface area contributed by atoms with Gasteiger partial charge in [0.05, 0.1) is 0 Å². The first-order valence-corrected chi connectivity index (χ1v) is 6.55. The number of carbonyl (C=O) groups excluding carboxylic acids is 1. The van der Waals surface area contributed by atoms with Gasteiger partial charge in [-0.15, -0.1) is 0 Å². The lowest BCUT2D eigenvalue weighted by molar-refractivity contribution is -0.131. The summed E-state index contributed by atoms with van der Waals surface area (Å²) in [6.07, 6.45) is 0. The Morgan fingerprint density at radius 3 is 2.53 bits per heavy atom. The first-order chi connectivity index (χ1) is 8.01. The molecular formula is C11H20N4OS. The first-order valence-electron chi connectivity index (χ1n) is 5.78. The molecule has 0 radical (unpaired) electrons. The van der Waals surface area contributed by atoms with Crippen LogP contribution in [0.5, 0.6) is 0 Å². The average molecular weight is 256 g/mol. The third-order valence-electron chi connectivity index (χ3n) is 2.75. The van der Waals surface area contributed by atoms with Gasteiger partial charge in [-0.05, 0) is 39.2 Å². The van der Waals surface area contributed by atoms with Gasteiger partial charge >= 0.3 is 0 Å². The van der Waals surface area contributed by atoms with Crippen molar-refractivity contribution in [3.8, 4) is 0 Å². The molecule has 0 aliphatic rings. The number of carbonyl (C=O) groups is 1. The van der Waals surface area contributed by atoms with Crippen LogP contribution in [0, 0.1) is 6.92 Å². The lowest BCUT2D eigenvalue weighted by Gasteiger charge is -2.23. The molecule has 17 heavy (non-hydrogen) atoms. The van der Waals surface area contributed by atoms with Crippen LogP contribution in [0.15, 0.2) is 0 Å². The molecule has 0 fully saturated rings. The number of likely N-dealkylation sites (N-methyl/N-ethyl adjacent to an activating group) is 1. The molecule has 1 amide bonds. The summed E-state index contributed by atoms with van der Waals surface area (Å²) in [5, 5.41) is 4.04. The van der Waals surface area contributed by atoms with Crippen molar-refractivity contribution >= 4 is 28.3 Å². The number of aromatic nitrogens is 1. The quantitative estimate of drug-likeness (QED) is 0.841. The topological polar surface area (TPSA) is 71.2 Å². The minimum absolute atomic E-state index is 0.0985. The number of nitrogen functional groups attached to an aromatic ring is 1. The fourth-order valence-corrected chi connectivity index (χ4v) is 2.35. The number of hydrogen-bond donors (Lipinski definition) is 2. The lowest BCUT2D eigenvalue weighted by Crippen LogP contribution is -2.41. The zero-order valence-corrected chi connectivity index (χ0v) is 11.6. The summed E-state index contributed by atoms with van der Waals surface area (Å²) in [4.78, 5) is 13.8. The molecule has 3 N–H and O–H groups in total. The van der Waals surface area contributed by atoms with Crippen LogP contribution in [0.25, 0.3) is 0 Å². The Bertz CT molecular complexity index is 387. The van der Waals surface area contributed by atoms with E-state index in [1.165, 1.54) is 11.5 Å². The van der Waals surface area contributed by atoms with Crippen molar-refractivity contribution in [2.24, 2.45) is 0 Å². The Balaban J connectivity index is 2.69. The van der Waals surface area contributed by atoms with E-state index in [1.807, 2.05) is 27.7 Å². The predicted octanol–water partition coefficient (Wildman–Crippen LogP) is 1.70. The summed E-state index contributed by atoms with van der Waals surface area (Å²) in [5.74, 6) is 0.626. The van der Waals surface area contributed by atoms with Crippen molar-refractivity contribution in [1.82, 2.24) is 9.27 Å². The van der Waals surface area contributed by atoms with Gasteiger partial charge in [0.15, 0.2) is 0 Å². The van der Waals surface area contributed by atoms with Crippen molar-refractivity contribution in [3.63, 3.8) is 0 Å². The van der Waals surface area contributed by atoms with Gasteiger partial charge in [0.1, 0.15) is 16.9 Å². The van der Waals surface area contributed by atoms with Gasteiger partial charge in [0, 0.05) is 18.7 Å². The predicted molar refractivity (Wildman–Crippen MR) is 72.3 cm³/mol. The molecule has 0 aliphatic heterocycles. The highest BCUT2D eigenvalue weighted by molar-refractivity contribution is 7.10. The Kier molecular flexibility index (Phi) is 4.74. The van der Waals surface area contributed by atoms with Crippen molar-refractivity contribution < 1.29 is 4.79 Å². The molecule has 0 aliphatic carbocycles. The van der Waals surface area contributed by atoms with Crippen LogP contribution in [0.4, 0.5) is 10.8 Å². The van der Waals surface area contributed by atoms with Crippen molar-refractivity contribution in [2.75, 3.05) is 24.1 Å². The Labute approximate surface area is 106 Å². The summed E-state index contributed by atoms with van der Waals surface area (Å²) >= 11 is 1.29. The Morgan fingerprint density at radius 1 is 1.53 bits per heavy atom. The number of anilines is 2. The number of hydrogen-bond acceptors (Lipinski definition) is 5. The lowest BCUT2D eigenvalue weighted by atomic mass is 10.2. The summed E-state index contributed by atoms with van der Waals surface area (Å²) in [6, 6.07) is -0.256. The molecule has 1 atom stereocenters. The Morgan fingerprint density at radius 2 is 2.12 bits per heavy atom. The largest absolute Gasteiger partial charge is 0.383 e. The highest BCUT2D eigenvalue weighted by Crippen LogP contribution is 2.26. The molecule has 96 valence electrons. The second-order valence-electron chi connectivity index (χ2n) is 3.90. The molecule has 0 saturated carbocycles. The van der Waals surface area contributed by atoms with E-state index in [-0.39, 0.29) is 11.9 Å². The molecule has 0 aromatic carbocycles. The number of amides is 1. The van der Waals surface area contributed by atoms with Crippen LogP contribution in [0.2, 0.25) is 0 Å². The number of nitrogens with one attached hydrogen (secondary N) is 1. The fraction of sp³-hybridized carbons (Fsp3) is 0.636. The van der Waals surface area contributed by atoms with E-state index < -0.39 is 0 Å². The highest BCUT2D eigenvalue weighted by Gasteiger charge is 2.19. The van der Waals surface area contributed by atoms with Crippen LogP contribution in [0.1, 0.15) is 26.3 Å². The third kappa shape index (κ3) is 3.09. The first kappa shape index (κ1) is 13.8. The van der Waals surface area contributed by atoms with E-state index in [2.05, 4.69) is 9.69 Å². The van der Waals surface area contributed by atoms with Gasteiger partial charge in [0.2, 0.25) is 5.91 Å². The van der Waals surface area contributed by atoms with Crippen LogP contribution >= 0.6 is 11.5 Å². The van der Waals surface area contributed by atoms with Crippen molar-refractivity contribution in [3.05, 3.63) is 5.56 Å². The van der Waals surface area contributed by atoms with Crippen molar-refractivity contribution in [1.29, 1.82) is 0 Å². The van der Waals surface area contributed by atoms with Gasteiger partial charge in [-0.1, -0.05) is 0 Å². The molecule has 0 spiro atoms. The van der Waals surface area contributed by atoms with Gasteiger partial charge < -0.3 is 16.0 Å². The normalized spacial score (nSPS) is 12.2. The molecule has 1 aromatic rings. The van der Waals surface area contributed by atoms with Crippen LogP contribution in [0.3, 0.4) is 0 Å². The van der Waals surface area contributed by atoms with Crippen LogP contribution in [-0.2, 0) is 4.79 Å². The molecule has 1 rings (SSSR count). The molecule has 1 unspecified atom stereocenters. The van der Waals surface area contributed by atoms with E-state index in [9.17, 15) is 4.79 Å². The maximum absolute atomic E-state index is 12.0. The number of nitrogens with zero attached hydrogens (tertiary/aromatic N) is 2. The fourth-order valence-electron chi connectivity index (χ4n) is 1.55. The SMILES string of the molecule is CCN(CC)C(=O)C(C)Nc1snc(N)c1C. The van der Waals surface area contributed by atoms with Crippen LogP contribution < -0.4 is 11.1 Å². The smallest absolute Gasteiger partial charge is 0.244 e. The summed E-state index contributed by atoms with van der Waals surface area (Å²) in [6.45, 7) is 9.16. The molecule has 6 heteroatoms. The maximum Gasteiger partial charge on any atom is 0.244 e. The standard InChI is InChI=1S/C11H20N4OS/c1-5-15(6-2)11(16)8(4)13-10-7(3)9(12)14-17-10/h8,13H,5-6H2,1-4H3,(H2,12,14). The Hall–Kier alpha value is -1.30. The molecule has 1 heterocycles. The van der Waals surface area contributed by atoms with Crippen LogP contribution in [-0.4, -0.2) is 34.3 Å². The maximum atomic E-state index is 12.0. The third-order valence-corrected chi connectivity index (χ3v) is 3.65. The zero-order valence-electron chi connectivity index (χ0n) is 10.8. The second-order valence-corrected chi connectivity index (χ2v) is 4.67. The number of rotatable bonds is 5. The minimum Gasteiger partial charge on any atom is -0.383 e. The molecule has 0 saturated heterocycles. The summed E-state index contributed by atoms with van der Waals surface area (Å²) in [7, 11) is 0. The molecular weight excluding hydrogens is 236 g/mol. The van der Waals surface area contributed by atoms with E-state index >= 15 is 0 Å². The van der Waals surface area contributed by atoms with E-state index in [0.717, 1.165) is 23.7 Å². The van der Waals surface area contributed by atoms with Gasteiger partial charge in [-0.25, -0.2) is 0 Å². The minimum atomic E-state index is -0.256. The van der Waals surface area contributed by atoms with Gasteiger partial charge in [-0.3, -0.25) is 4.79 Å².